The van der Waals surface area contributed by atoms with Gasteiger partial charge in [-0.3, -0.25) is 0 Å². The predicted molar refractivity (Wildman–Crippen MR) is 44.1 cm³/mol. The lowest BCUT2D eigenvalue weighted by Crippen LogP contribution is -2.24. The van der Waals surface area contributed by atoms with Crippen molar-refractivity contribution in [2.75, 3.05) is 0 Å². The summed E-state index contributed by atoms with van der Waals surface area (Å²) < 4.78 is 12.6. The fourth-order valence-electron chi connectivity index (χ4n) is 0.984. The standard InChI is InChI=1S/C9H10FNO/c10-8-3-1-2-7(4-8)5-9(11)6-12/h1-4,6,9H,5,11H2/t9-/m0/s1. The van der Waals surface area contributed by atoms with E-state index in [2.05, 4.69) is 0 Å². The van der Waals surface area contributed by atoms with Crippen molar-refractivity contribution in [3.05, 3.63) is 35.6 Å². The summed E-state index contributed by atoms with van der Waals surface area (Å²) >= 11 is 0. The van der Waals surface area contributed by atoms with E-state index in [4.69, 9.17) is 5.73 Å². The van der Waals surface area contributed by atoms with Crippen LogP contribution in [-0.4, -0.2) is 12.3 Å². The van der Waals surface area contributed by atoms with E-state index in [1.807, 2.05) is 0 Å². The SMILES string of the molecule is N[C@H](C=O)Cc1cccc(F)c1. The first-order valence-electron chi connectivity index (χ1n) is 3.67. The van der Waals surface area contributed by atoms with Crippen LogP contribution in [0.15, 0.2) is 24.3 Å². The molecule has 0 radical (unpaired) electrons. The van der Waals surface area contributed by atoms with Gasteiger partial charge in [-0.2, -0.15) is 0 Å². The van der Waals surface area contributed by atoms with E-state index in [-0.39, 0.29) is 5.82 Å². The van der Waals surface area contributed by atoms with Gasteiger partial charge >= 0.3 is 0 Å². The summed E-state index contributed by atoms with van der Waals surface area (Å²) in [6.07, 6.45) is 1.05. The summed E-state index contributed by atoms with van der Waals surface area (Å²) in [5, 5.41) is 0. The molecule has 3 heteroatoms. The molecule has 12 heavy (non-hydrogen) atoms. The number of hydrogen-bond acceptors (Lipinski definition) is 2. The second-order valence-corrected chi connectivity index (χ2v) is 2.63. The molecule has 0 heterocycles. The lowest BCUT2D eigenvalue weighted by molar-refractivity contribution is -0.108. The molecule has 64 valence electrons. The van der Waals surface area contributed by atoms with Crippen LogP contribution in [0.1, 0.15) is 5.56 Å². The van der Waals surface area contributed by atoms with Crippen LogP contribution in [0.2, 0.25) is 0 Å². The Hall–Kier alpha value is -1.22. The fraction of sp³-hybridized carbons (Fsp3) is 0.222. The van der Waals surface area contributed by atoms with Gasteiger partial charge in [0.25, 0.3) is 0 Å². The van der Waals surface area contributed by atoms with Crippen LogP contribution in [0.25, 0.3) is 0 Å². The average molecular weight is 167 g/mol. The van der Waals surface area contributed by atoms with Crippen LogP contribution < -0.4 is 5.73 Å². The molecule has 0 saturated carbocycles. The van der Waals surface area contributed by atoms with E-state index in [0.29, 0.717) is 12.7 Å². The van der Waals surface area contributed by atoms with Crippen LogP contribution in [0.5, 0.6) is 0 Å². The summed E-state index contributed by atoms with van der Waals surface area (Å²) in [6, 6.07) is 5.54. The lowest BCUT2D eigenvalue weighted by Gasteiger charge is -2.02. The molecule has 0 unspecified atom stereocenters. The first-order valence-corrected chi connectivity index (χ1v) is 3.67. The zero-order valence-electron chi connectivity index (χ0n) is 6.53. The Morgan fingerprint density at radius 3 is 2.92 bits per heavy atom. The molecule has 1 aromatic carbocycles. The number of rotatable bonds is 3. The Kier molecular flexibility index (Phi) is 2.94. The van der Waals surface area contributed by atoms with Gasteiger partial charge in [0.2, 0.25) is 0 Å². The lowest BCUT2D eigenvalue weighted by atomic mass is 10.1. The monoisotopic (exact) mass is 167 g/mol. The third kappa shape index (κ3) is 2.43. The molecule has 0 aliphatic carbocycles. The quantitative estimate of drug-likeness (QED) is 0.679. The average Bonchev–Trinajstić information content (AvgIpc) is 2.04. The first kappa shape index (κ1) is 8.87. The first-order chi connectivity index (χ1) is 5.72. The smallest absolute Gasteiger partial charge is 0.137 e. The van der Waals surface area contributed by atoms with E-state index in [0.717, 1.165) is 5.56 Å². The van der Waals surface area contributed by atoms with Crippen molar-refractivity contribution in [1.29, 1.82) is 0 Å². The summed E-state index contributed by atoms with van der Waals surface area (Å²) in [4.78, 5) is 10.2. The summed E-state index contributed by atoms with van der Waals surface area (Å²) in [5.41, 5.74) is 6.11. The van der Waals surface area contributed by atoms with Crippen LogP contribution in [0.3, 0.4) is 0 Å². The molecule has 0 amide bonds. The third-order valence-electron chi connectivity index (χ3n) is 1.54. The van der Waals surface area contributed by atoms with Gasteiger partial charge < -0.3 is 10.5 Å². The Labute approximate surface area is 70.2 Å². The van der Waals surface area contributed by atoms with Crippen LogP contribution in [0, 0.1) is 5.82 Å². The number of nitrogens with two attached hydrogens (primary N) is 1. The second kappa shape index (κ2) is 3.97. The number of carbonyl (C=O) groups is 1. The highest BCUT2D eigenvalue weighted by atomic mass is 19.1. The summed E-state index contributed by atoms with van der Waals surface area (Å²) in [5.74, 6) is -0.300. The van der Waals surface area contributed by atoms with Crippen LogP contribution >= 0.6 is 0 Å². The topological polar surface area (TPSA) is 43.1 Å². The molecule has 1 atom stereocenters. The zero-order valence-corrected chi connectivity index (χ0v) is 6.53. The molecule has 0 spiro atoms. The number of carbonyl (C=O) groups excluding carboxylic acids is 1. The molecule has 1 aromatic rings. The van der Waals surface area contributed by atoms with Crippen molar-refractivity contribution in [3.8, 4) is 0 Å². The van der Waals surface area contributed by atoms with Crippen molar-refractivity contribution >= 4 is 6.29 Å². The fourth-order valence-corrected chi connectivity index (χ4v) is 0.984. The Morgan fingerprint density at radius 1 is 1.58 bits per heavy atom. The molecular formula is C9H10FNO. The van der Waals surface area contributed by atoms with Crippen molar-refractivity contribution in [3.63, 3.8) is 0 Å². The predicted octanol–water partition coefficient (Wildman–Crippen LogP) is 0.894. The molecule has 0 bridgehead atoms. The maximum Gasteiger partial charge on any atom is 0.137 e. The zero-order chi connectivity index (χ0) is 8.97. The molecule has 0 aromatic heterocycles. The summed E-state index contributed by atoms with van der Waals surface area (Å²) in [6.45, 7) is 0. The van der Waals surface area contributed by atoms with Crippen LogP contribution in [0.4, 0.5) is 4.39 Å². The van der Waals surface area contributed by atoms with E-state index in [9.17, 15) is 9.18 Å². The van der Waals surface area contributed by atoms with Crippen molar-refractivity contribution < 1.29 is 9.18 Å². The Bertz CT molecular complexity index is 275. The van der Waals surface area contributed by atoms with Gasteiger partial charge in [0.05, 0.1) is 6.04 Å². The molecule has 2 N–H and O–H groups in total. The molecule has 0 aliphatic rings. The number of halogens is 1. The summed E-state index contributed by atoms with van der Waals surface area (Å²) in [7, 11) is 0. The van der Waals surface area contributed by atoms with Crippen molar-refractivity contribution in [2.24, 2.45) is 5.73 Å². The van der Waals surface area contributed by atoms with Gasteiger partial charge in [0.1, 0.15) is 12.1 Å². The molecule has 0 aliphatic heterocycles. The molecular weight excluding hydrogens is 157 g/mol. The highest BCUT2D eigenvalue weighted by Crippen LogP contribution is 2.04. The van der Waals surface area contributed by atoms with Crippen LogP contribution in [-0.2, 0) is 11.2 Å². The van der Waals surface area contributed by atoms with Crippen molar-refractivity contribution in [2.45, 2.75) is 12.5 Å². The molecule has 1 rings (SSSR count). The minimum absolute atomic E-state index is 0.300. The normalized spacial score (nSPS) is 12.5. The minimum atomic E-state index is -0.535. The van der Waals surface area contributed by atoms with Gasteiger partial charge in [-0.25, -0.2) is 4.39 Å². The van der Waals surface area contributed by atoms with Gasteiger partial charge in [-0.1, -0.05) is 12.1 Å². The Balaban J connectivity index is 2.69. The van der Waals surface area contributed by atoms with E-state index in [1.54, 1.807) is 12.1 Å². The second-order valence-electron chi connectivity index (χ2n) is 2.63. The van der Waals surface area contributed by atoms with Gasteiger partial charge in [0.15, 0.2) is 0 Å². The minimum Gasteiger partial charge on any atom is -0.321 e. The van der Waals surface area contributed by atoms with Gasteiger partial charge in [0, 0.05) is 0 Å². The largest absolute Gasteiger partial charge is 0.321 e. The molecule has 0 saturated heterocycles. The maximum absolute atomic E-state index is 12.6. The van der Waals surface area contributed by atoms with Gasteiger partial charge in [-0.05, 0) is 24.1 Å². The third-order valence-corrected chi connectivity index (χ3v) is 1.54. The number of aldehydes is 1. The Morgan fingerprint density at radius 2 is 2.33 bits per heavy atom. The van der Waals surface area contributed by atoms with E-state index >= 15 is 0 Å². The van der Waals surface area contributed by atoms with E-state index < -0.39 is 6.04 Å². The highest BCUT2D eigenvalue weighted by Gasteiger charge is 2.01. The molecule has 2 nitrogen and oxygen atoms in total. The number of hydrogen-bond donors (Lipinski definition) is 1. The maximum atomic E-state index is 12.6. The highest BCUT2D eigenvalue weighted by molar-refractivity contribution is 5.57. The number of benzene rings is 1. The van der Waals surface area contributed by atoms with E-state index in [1.165, 1.54) is 12.1 Å². The van der Waals surface area contributed by atoms with Crippen molar-refractivity contribution in [1.82, 2.24) is 0 Å². The molecule has 0 fully saturated rings. The van der Waals surface area contributed by atoms with Gasteiger partial charge in [-0.15, -0.1) is 0 Å².